The van der Waals surface area contributed by atoms with E-state index in [4.69, 9.17) is 5.84 Å². The number of nitrogens with one attached hydrogen (secondary N) is 1. The van der Waals surface area contributed by atoms with Crippen LogP contribution in [0, 0.1) is 0 Å². The summed E-state index contributed by atoms with van der Waals surface area (Å²) in [4.78, 5) is 4.45. The van der Waals surface area contributed by atoms with Crippen LogP contribution in [0.1, 0.15) is 18.5 Å². The van der Waals surface area contributed by atoms with Crippen molar-refractivity contribution in [2.45, 2.75) is 13.0 Å². The molecule has 2 aromatic rings. The van der Waals surface area contributed by atoms with Gasteiger partial charge in [-0.3, -0.25) is 16.3 Å². The zero-order valence-electron chi connectivity index (χ0n) is 9.89. The van der Waals surface area contributed by atoms with Crippen LogP contribution in [0.5, 0.6) is 0 Å². The highest BCUT2D eigenvalue weighted by molar-refractivity contribution is 7.99. The van der Waals surface area contributed by atoms with Gasteiger partial charge in [-0.1, -0.05) is 31.2 Å². The van der Waals surface area contributed by atoms with Crippen LogP contribution in [0.25, 0.3) is 10.9 Å². The minimum Gasteiger partial charge on any atom is -0.271 e. The number of benzene rings is 1. The first kappa shape index (κ1) is 12.4. The van der Waals surface area contributed by atoms with Crippen molar-refractivity contribution in [3.05, 3.63) is 42.1 Å². The molecule has 3 nitrogen and oxygen atoms in total. The van der Waals surface area contributed by atoms with E-state index >= 15 is 0 Å². The summed E-state index contributed by atoms with van der Waals surface area (Å²) in [6.45, 7) is 2.15. The van der Waals surface area contributed by atoms with E-state index in [0.717, 1.165) is 22.4 Å². The monoisotopic (exact) mass is 247 g/mol. The average Bonchev–Trinajstić information content (AvgIpc) is 2.40. The Bertz CT molecular complexity index is 482. The maximum Gasteiger partial charge on any atom is 0.0750 e. The van der Waals surface area contributed by atoms with Crippen molar-refractivity contribution in [3.63, 3.8) is 0 Å². The number of nitrogens with two attached hydrogens (primary N) is 1. The van der Waals surface area contributed by atoms with Gasteiger partial charge in [0.05, 0.1) is 11.6 Å². The molecule has 90 valence electrons. The molecule has 1 aromatic heterocycles. The third-order valence-electron chi connectivity index (χ3n) is 2.73. The maximum absolute atomic E-state index is 5.65. The first-order valence-electron chi connectivity index (χ1n) is 5.74. The number of hydrogen-bond acceptors (Lipinski definition) is 4. The van der Waals surface area contributed by atoms with Gasteiger partial charge in [-0.15, -0.1) is 0 Å². The van der Waals surface area contributed by atoms with Crippen molar-refractivity contribution in [3.8, 4) is 0 Å². The number of thioether (sulfide) groups is 1. The van der Waals surface area contributed by atoms with Gasteiger partial charge in [0.15, 0.2) is 0 Å². The van der Waals surface area contributed by atoms with Gasteiger partial charge in [0.2, 0.25) is 0 Å². The van der Waals surface area contributed by atoms with E-state index in [1.165, 1.54) is 5.56 Å². The molecule has 0 aliphatic carbocycles. The Kier molecular flexibility index (Phi) is 4.36. The zero-order chi connectivity index (χ0) is 12.1. The second-order valence-corrected chi connectivity index (χ2v) is 5.12. The van der Waals surface area contributed by atoms with Crippen LogP contribution in [0.4, 0.5) is 0 Å². The molecule has 0 aliphatic rings. The van der Waals surface area contributed by atoms with Gasteiger partial charge >= 0.3 is 0 Å². The summed E-state index contributed by atoms with van der Waals surface area (Å²) in [5.41, 5.74) is 5.09. The van der Waals surface area contributed by atoms with Crippen molar-refractivity contribution >= 4 is 22.7 Å². The number of hydrogen-bond donors (Lipinski definition) is 2. The summed E-state index contributed by atoms with van der Waals surface area (Å²) in [6, 6.07) is 10.4. The topological polar surface area (TPSA) is 50.9 Å². The minimum atomic E-state index is 0.151. The minimum absolute atomic E-state index is 0.151. The lowest BCUT2D eigenvalue weighted by atomic mass is 10.0. The quantitative estimate of drug-likeness (QED) is 0.629. The highest BCUT2D eigenvalue weighted by Gasteiger charge is 2.12. The second-order valence-electron chi connectivity index (χ2n) is 3.80. The second kappa shape index (κ2) is 6.00. The molecular weight excluding hydrogens is 230 g/mol. The molecule has 0 amide bonds. The van der Waals surface area contributed by atoms with Crippen LogP contribution >= 0.6 is 11.8 Å². The predicted molar refractivity (Wildman–Crippen MR) is 74.8 cm³/mol. The highest BCUT2D eigenvalue weighted by Crippen LogP contribution is 2.24. The van der Waals surface area contributed by atoms with Gasteiger partial charge in [0.1, 0.15) is 0 Å². The lowest BCUT2D eigenvalue weighted by molar-refractivity contribution is 0.614. The van der Waals surface area contributed by atoms with Gasteiger partial charge in [0.25, 0.3) is 0 Å². The van der Waals surface area contributed by atoms with Gasteiger partial charge in [-0.25, -0.2) is 0 Å². The number of rotatable bonds is 5. The molecule has 0 saturated heterocycles. The Morgan fingerprint density at radius 1 is 1.35 bits per heavy atom. The molecule has 1 unspecified atom stereocenters. The molecule has 0 fully saturated rings. The van der Waals surface area contributed by atoms with Gasteiger partial charge in [-0.2, -0.15) is 11.8 Å². The molecule has 0 bridgehead atoms. The number of fused-ring (bicyclic) bond motifs is 1. The number of hydrazine groups is 1. The highest BCUT2D eigenvalue weighted by atomic mass is 32.2. The van der Waals surface area contributed by atoms with Crippen LogP contribution in [-0.4, -0.2) is 16.5 Å². The maximum atomic E-state index is 5.65. The van der Waals surface area contributed by atoms with Crippen LogP contribution in [0.3, 0.4) is 0 Å². The van der Waals surface area contributed by atoms with Crippen LogP contribution in [0.15, 0.2) is 36.5 Å². The summed E-state index contributed by atoms with van der Waals surface area (Å²) in [5.74, 6) is 7.70. The van der Waals surface area contributed by atoms with Crippen molar-refractivity contribution in [2.75, 3.05) is 11.5 Å². The SMILES string of the molecule is CCSCC(NN)c1cccc2cccnc12. The van der Waals surface area contributed by atoms with Crippen molar-refractivity contribution in [2.24, 2.45) is 5.84 Å². The van der Waals surface area contributed by atoms with Crippen molar-refractivity contribution in [1.29, 1.82) is 0 Å². The molecule has 1 aromatic carbocycles. The van der Waals surface area contributed by atoms with E-state index in [1.807, 2.05) is 24.0 Å². The Hall–Kier alpha value is -1.10. The average molecular weight is 247 g/mol. The number of pyridine rings is 1. The standard InChI is InChI=1S/C13H17N3S/c1-2-17-9-12(16-14)11-7-3-5-10-6-4-8-15-13(10)11/h3-8,12,16H,2,9,14H2,1H3. The summed E-state index contributed by atoms with van der Waals surface area (Å²) in [6.07, 6.45) is 1.83. The number of nitrogens with zero attached hydrogens (tertiary/aromatic N) is 1. The van der Waals surface area contributed by atoms with E-state index < -0.39 is 0 Å². The molecule has 0 spiro atoms. The third kappa shape index (κ3) is 2.77. The van der Waals surface area contributed by atoms with E-state index in [2.05, 4.69) is 41.6 Å². The number of aromatic nitrogens is 1. The fraction of sp³-hybridized carbons (Fsp3) is 0.308. The van der Waals surface area contributed by atoms with Crippen molar-refractivity contribution < 1.29 is 0 Å². The Morgan fingerprint density at radius 2 is 2.18 bits per heavy atom. The molecule has 0 aliphatic heterocycles. The van der Waals surface area contributed by atoms with Crippen LogP contribution in [-0.2, 0) is 0 Å². The molecule has 17 heavy (non-hydrogen) atoms. The third-order valence-corrected chi connectivity index (χ3v) is 3.71. The van der Waals surface area contributed by atoms with Gasteiger partial charge < -0.3 is 0 Å². The van der Waals surface area contributed by atoms with Crippen LogP contribution in [0.2, 0.25) is 0 Å². The first-order chi connectivity index (χ1) is 8.36. The number of para-hydroxylation sites is 1. The predicted octanol–water partition coefficient (Wildman–Crippen LogP) is 2.49. The molecular formula is C13H17N3S. The Labute approximate surface area is 106 Å². The summed E-state index contributed by atoms with van der Waals surface area (Å²) < 4.78 is 0. The molecule has 3 N–H and O–H groups in total. The zero-order valence-corrected chi connectivity index (χ0v) is 10.7. The fourth-order valence-electron chi connectivity index (χ4n) is 1.87. The summed E-state index contributed by atoms with van der Waals surface area (Å²) >= 11 is 1.87. The molecule has 1 atom stereocenters. The van der Waals surface area contributed by atoms with Gasteiger partial charge in [0, 0.05) is 17.3 Å². The van der Waals surface area contributed by atoms with Gasteiger partial charge in [-0.05, 0) is 17.4 Å². The lowest BCUT2D eigenvalue weighted by Crippen LogP contribution is -2.30. The fourth-order valence-corrected chi connectivity index (χ4v) is 2.62. The van der Waals surface area contributed by atoms with Crippen molar-refractivity contribution in [1.82, 2.24) is 10.4 Å². The lowest BCUT2D eigenvalue weighted by Gasteiger charge is -2.17. The molecule has 4 heteroatoms. The molecule has 0 radical (unpaired) electrons. The van der Waals surface area contributed by atoms with E-state index in [-0.39, 0.29) is 6.04 Å². The Morgan fingerprint density at radius 3 is 2.94 bits per heavy atom. The molecule has 2 rings (SSSR count). The van der Waals surface area contributed by atoms with E-state index in [9.17, 15) is 0 Å². The summed E-state index contributed by atoms with van der Waals surface area (Å²) in [5, 5.41) is 1.16. The van der Waals surface area contributed by atoms with E-state index in [1.54, 1.807) is 0 Å². The molecule has 1 heterocycles. The normalized spacial score (nSPS) is 12.8. The smallest absolute Gasteiger partial charge is 0.0750 e. The largest absolute Gasteiger partial charge is 0.271 e. The van der Waals surface area contributed by atoms with Crippen LogP contribution < -0.4 is 11.3 Å². The summed E-state index contributed by atoms with van der Waals surface area (Å²) in [7, 11) is 0. The van der Waals surface area contributed by atoms with E-state index in [0.29, 0.717) is 0 Å². The molecule has 0 saturated carbocycles. The first-order valence-corrected chi connectivity index (χ1v) is 6.89. The Balaban J connectivity index is 2.38.